The average Bonchev–Trinajstić information content (AvgIpc) is 3.15. The molecular formula is C19H26N2O2S. The molecule has 24 heavy (non-hydrogen) atoms. The first-order valence-corrected chi connectivity index (χ1v) is 9.88. The maximum atomic E-state index is 12.6. The molecule has 2 aliphatic heterocycles. The van der Waals surface area contributed by atoms with E-state index >= 15 is 0 Å². The van der Waals surface area contributed by atoms with Crippen molar-refractivity contribution in [3.8, 4) is 0 Å². The number of carbonyl (C=O) groups excluding carboxylic acids is 2. The van der Waals surface area contributed by atoms with Crippen molar-refractivity contribution in [3.63, 3.8) is 0 Å². The van der Waals surface area contributed by atoms with Gasteiger partial charge in [0, 0.05) is 31.1 Å². The third-order valence-corrected chi connectivity index (χ3v) is 5.92. The van der Waals surface area contributed by atoms with Crippen molar-refractivity contribution >= 4 is 23.6 Å². The van der Waals surface area contributed by atoms with Crippen LogP contribution < -0.4 is 0 Å². The van der Waals surface area contributed by atoms with E-state index in [1.165, 1.54) is 5.56 Å². The Bertz CT molecular complexity index is 582. The van der Waals surface area contributed by atoms with Crippen LogP contribution in [0.2, 0.25) is 0 Å². The van der Waals surface area contributed by atoms with Crippen LogP contribution in [0.4, 0.5) is 0 Å². The van der Waals surface area contributed by atoms with Crippen molar-refractivity contribution in [2.24, 2.45) is 5.92 Å². The third-order valence-electron chi connectivity index (χ3n) is 4.92. The van der Waals surface area contributed by atoms with Gasteiger partial charge in [0.25, 0.3) is 0 Å². The van der Waals surface area contributed by atoms with Crippen molar-refractivity contribution in [1.29, 1.82) is 0 Å². The maximum Gasteiger partial charge on any atom is 0.232 e. The molecule has 1 aromatic carbocycles. The molecule has 0 bridgehead atoms. The molecule has 0 radical (unpaired) electrons. The number of carbonyl (C=O) groups is 2. The van der Waals surface area contributed by atoms with Gasteiger partial charge in [-0.15, -0.1) is 11.8 Å². The molecular weight excluding hydrogens is 320 g/mol. The Labute approximate surface area is 148 Å². The van der Waals surface area contributed by atoms with Gasteiger partial charge in [-0.05, 0) is 44.7 Å². The van der Waals surface area contributed by atoms with Crippen LogP contribution >= 0.6 is 11.8 Å². The summed E-state index contributed by atoms with van der Waals surface area (Å²) in [4.78, 5) is 30.1. The number of aryl methyl sites for hydroxylation is 1. The van der Waals surface area contributed by atoms with Crippen LogP contribution in [0.3, 0.4) is 0 Å². The highest BCUT2D eigenvalue weighted by Crippen LogP contribution is 2.23. The van der Waals surface area contributed by atoms with Gasteiger partial charge in [0.05, 0.1) is 11.7 Å². The zero-order chi connectivity index (χ0) is 16.9. The van der Waals surface area contributed by atoms with Gasteiger partial charge in [-0.25, -0.2) is 0 Å². The molecule has 2 fully saturated rings. The van der Waals surface area contributed by atoms with E-state index in [9.17, 15) is 9.59 Å². The van der Waals surface area contributed by atoms with Gasteiger partial charge in [-0.3, -0.25) is 9.59 Å². The molecule has 0 spiro atoms. The SMILES string of the molecule is Cc1ccc(SCC(=O)N2CCC[C@@H](C(=O)N3CCCC3)C2)cc1. The molecule has 0 saturated carbocycles. The van der Waals surface area contributed by atoms with Gasteiger partial charge in [0.2, 0.25) is 11.8 Å². The Balaban J connectivity index is 1.51. The molecule has 2 saturated heterocycles. The van der Waals surface area contributed by atoms with Crippen LogP contribution in [-0.2, 0) is 9.59 Å². The minimum atomic E-state index is 0.00479. The van der Waals surface area contributed by atoms with Crippen molar-refractivity contribution in [2.75, 3.05) is 31.9 Å². The van der Waals surface area contributed by atoms with Gasteiger partial charge in [0.15, 0.2) is 0 Å². The summed E-state index contributed by atoms with van der Waals surface area (Å²) in [5, 5.41) is 0. The molecule has 130 valence electrons. The first-order chi connectivity index (χ1) is 11.6. The molecule has 0 aliphatic carbocycles. The van der Waals surface area contributed by atoms with E-state index < -0.39 is 0 Å². The third kappa shape index (κ3) is 4.32. The second-order valence-corrected chi connectivity index (χ2v) is 7.86. The van der Waals surface area contributed by atoms with Crippen LogP contribution in [0.5, 0.6) is 0 Å². The Morgan fingerprint density at radius 3 is 2.42 bits per heavy atom. The molecule has 1 aromatic rings. The Morgan fingerprint density at radius 2 is 1.71 bits per heavy atom. The van der Waals surface area contributed by atoms with Gasteiger partial charge in [-0.1, -0.05) is 17.7 Å². The number of likely N-dealkylation sites (tertiary alicyclic amines) is 2. The van der Waals surface area contributed by atoms with Gasteiger partial charge in [0.1, 0.15) is 0 Å². The molecule has 4 nitrogen and oxygen atoms in total. The summed E-state index contributed by atoms with van der Waals surface area (Å²) in [6.45, 7) is 5.24. The number of piperidine rings is 1. The minimum Gasteiger partial charge on any atom is -0.342 e. The minimum absolute atomic E-state index is 0.00479. The topological polar surface area (TPSA) is 40.6 Å². The lowest BCUT2D eigenvalue weighted by Gasteiger charge is -2.34. The first-order valence-electron chi connectivity index (χ1n) is 8.89. The largest absolute Gasteiger partial charge is 0.342 e. The number of hydrogen-bond donors (Lipinski definition) is 0. The summed E-state index contributed by atoms with van der Waals surface area (Å²) >= 11 is 1.58. The smallest absolute Gasteiger partial charge is 0.232 e. The highest BCUT2D eigenvalue weighted by Gasteiger charge is 2.31. The van der Waals surface area contributed by atoms with E-state index in [0.717, 1.165) is 50.2 Å². The lowest BCUT2D eigenvalue weighted by molar-refractivity contribution is -0.139. The normalized spacial score (nSPS) is 21.1. The predicted molar refractivity (Wildman–Crippen MR) is 97.0 cm³/mol. The monoisotopic (exact) mass is 346 g/mol. The van der Waals surface area contributed by atoms with Crippen molar-refractivity contribution in [2.45, 2.75) is 37.5 Å². The number of thioether (sulfide) groups is 1. The van der Waals surface area contributed by atoms with Crippen LogP contribution in [-0.4, -0.2) is 53.5 Å². The lowest BCUT2D eigenvalue weighted by atomic mass is 9.96. The Morgan fingerprint density at radius 1 is 1.04 bits per heavy atom. The first kappa shape index (κ1) is 17.3. The van der Waals surface area contributed by atoms with Gasteiger partial charge >= 0.3 is 0 Å². The molecule has 0 N–H and O–H groups in total. The van der Waals surface area contributed by atoms with Crippen LogP contribution in [0.15, 0.2) is 29.2 Å². The van der Waals surface area contributed by atoms with Crippen LogP contribution in [0, 0.1) is 12.8 Å². The zero-order valence-corrected chi connectivity index (χ0v) is 15.2. The van der Waals surface area contributed by atoms with Crippen molar-refractivity contribution in [3.05, 3.63) is 29.8 Å². The predicted octanol–water partition coefficient (Wildman–Crippen LogP) is 2.95. The van der Waals surface area contributed by atoms with E-state index in [2.05, 4.69) is 31.2 Å². The standard InChI is InChI=1S/C19H26N2O2S/c1-15-6-8-17(9-7-15)24-14-18(22)21-12-4-5-16(13-21)19(23)20-10-2-3-11-20/h6-9,16H,2-5,10-14H2,1H3/t16-/m1/s1. The zero-order valence-electron chi connectivity index (χ0n) is 14.4. The fourth-order valence-electron chi connectivity index (χ4n) is 3.47. The fraction of sp³-hybridized carbons (Fsp3) is 0.579. The summed E-state index contributed by atoms with van der Waals surface area (Å²) in [7, 11) is 0. The summed E-state index contributed by atoms with van der Waals surface area (Å²) in [6.07, 6.45) is 4.10. The van der Waals surface area contributed by atoms with Crippen molar-refractivity contribution in [1.82, 2.24) is 9.80 Å². The Hall–Kier alpha value is -1.49. The van der Waals surface area contributed by atoms with E-state index in [1.54, 1.807) is 11.8 Å². The highest BCUT2D eigenvalue weighted by molar-refractivity contribution is 8.00. The molecule has 0 aromatic heterocycles. The molecule has 2 amide bonds. The van der Waals surface area contributed by atoms with E-state index in [0.29, 0.717) is 12.3 Å². The number of nitrogens with zero attached hydrogens (tertiary/aromatic N) is 2. The number of rotatable bonds is 4. The average molecular weight is 346 g/mol. The number of hydrogen-bond acceptors (Lipinski definition) is 3. The molecule has 1 atom stereocenters. The van der Waals surface area contributed by atoms with E-state index in [4.69, 9.17) is 0 Å². The summed E-state index contributed by atoms with van der Waals surface area (Å²) in [6, 6.07) is 8.25. The van der Waals surface area contributed by atoms with E-state index in [1.807, 2.05) is 9.80 Å². The lowest BCUT2D eigenvalue weighted by Crippen LogP contribution is -2.46. The summed E-state index contributed by atoms with van der Waals surface area (Å²) in [5.74, 6) is 0.870. The molecule has 0 unspecified atom stereocenters. The number of amides is 2. The van der Waals surface area contributed by atoms with Crippen LogP contribution in [0.1, 0.15) is 31.2 Å². The van der Waals surface area contributed by atoms with Gasteiger partial charge < -0.3 is 9.80 Å². The van der Waals surface area contributed by atoms with Gasteiger partial charge in [-0.2, -0.15) is 0 Å². The van der Waals surface area contributed by atoms with Crippen LogP contribution in [0.25, 0.3) is 0 Å². The second-order valence-electron chi connectivity index (χ2n) is 6.81. The fourth-order valence-corrected chi connectivity index (χ4v) is 4.27. The molecule has 2 aliphatic rings. The molecule has 5 heteroatoms. The number of benzene rings is 1. The summed E-state index contributed by atoms with van der Waals surface area (Å²) < 4.78 is 0. The maximum absolute atomic E-state index is 12.6. The second kappa shape index (κ2) is 8.06. The van der Waals surface area contributed by atoms with Crippen molar-refractivity contribution < 1.29 is 9.59 Å². The highest BCUT2D eigenvalue weighted by atomic mass is 32.2. The molecule has 2 heterocycles. The quantitative estimate of drug-likeness (QED) is 0.787. The summed E-state index contributed by atoms with van der Waals surface area (Å²) in [5.41, 5.74) is 1.23. The molecule has 3 rings (SSSR count). The van der Waals surface area contributed by atoms with E-state index in [-0.39, 0.29) is 17.7 Å². The Kier molecular flexibility index (Phi) is 5.82.